The SMILES string of the molecule is C#CCCCNC1CC(C)N(C)C1. The molecule has 2 heteroatoms. The molecular formula is C11H20N2. The molecule has 2 nitrogen and oxygen atoms in total. The number of likely N-dealkylation sites (N-methyl/N-ethyl adjacent to an activating group) is 1. The second-order valence-electron chi connectivity index (χ2n) is 3.98. The maximum absolute atomic E-state index is 5.18. The molecule has 0 aromatic rings. The van der Waals surface area contributed by atoms with Crippen molar-refractivity contribution in [2.45, 2.75) is 38.3 Å². The number of likely N-dealkylation sites (tertiary alicyclic amines) is 1. The summed E-state index contributed by atoms with van der Waals surface area (Å²) in [4.78, 5) is 2.40. The number of unbranched alkanes of at least 4 members (excludes halogenated alkanes) is 1. The maximum Gasteiger partial charge on any atom is 0.0209 e. The van der Waals surface area contributed by atoms with Gasteiger partial charge in [-0.1, -0.05) is 0 Å². The van der Waals surface area contributed by atoms with Crippen LogP contribution in [0.2, 0.25) is 0 Å². The lowest BCUT2D eigenvalue weighted by Gasteiger charge is -2.13. The van der Waals surface area contributed by atoms with Crippen molar-refractivity contribution in [1.29, 1.82) is 0 Å². The number of terminal acetylenes is 1. The zero-order valence-corrected chi connectivity index (χ0v) is 8.71. The molecule has 0 amide bonds. The van der Waals surface area contributed by atoms with E-state index in [4.69, 9.17) is 6.42 Å². The van der Waals surface area contributed by atoms with E-state index in [1.54, 1.807) is 0 Å². The second-order valence-corrected chi connectivity index (χ2v) is 3.98. The average Bonchev–Trinajstić information content (AvgIpc) is 2.41. The molecule has 1 N–H and O–H groups in total. The first-order chi connectivity index (χ1) is 6.24. The Labute approximate surface area is 81.7 Å². The lowest BCUT2D eigenvalue weighted by molar-refractivity contribution is 0.326. The molecule has 1 fully saturated rings. The van der Waals surface area contributed by atoms with E-state index < -0.39 is 0 Å². The first-order valence-corrected chi connectivity index (χ1v) is 5.11. The van der Waals surface area contributed by atoms with Gasteiger partial charge < -0.3 is 10.2 Å². The number of nitrogens with zero attached hydrogens (tertiary/aromatic N) is 1. The highest BCUT2D eigenvalue weighted by Gasteiger charge is 2.24. The van der Waals surface area contributed by atoms with Crippen LogP contribution in [0.1, 0.15) is 26.2 Å². The number of hydrogen-bond acceptors (Lipinski definition) is 2. The molecule has 1 aliphatic heterocycles. The van der Waals surface area contributed by atoms with E-state index in [-0.39, 0.29) is 0 Å². The Morgan fingerprint density at radius 1 is 1.62 bits per heavy atom. The Bertz CT molecular complexity index is 173. The van der Waals surface area contributed by atoms with Crippen molar-refractivity contribution >= 4 is 0 Å². The zero-order chi connectivity index (χ0) is 9.68. The predicted molar refractivity (Wildman–Crippen MR) is 56.6 cm³/mol. The molecule has 0 radical (unpaired) electrons. The maximum atomic E-state index is 5.18. The van der Waals surface area contributed by atoms with Gasteiger partial charge in [-0.2, -0.15) is 0 Å². The molecule has 0 spiro atoms. The number of hydrogen-bond donors (Lipinski definition) is 1. The van der Waals surface area contributed by atoms with Crippen molar-refractivity contribution in [1.82, 2.24) is 10.2 Å². The topological polar surface area (TPSA) is 15.3 Å². The fourth-order valence-corrected chi connectivity index (χ4v) is 1.84. The van der Waals surface area contributed by atoms with E-state index in [2.05, 4.69) is 30.1 Å². The molecule has 0 aromatic heterocycles. The lowest BCUT2D eigenvalue weighted by atomic mass is 10.2. The van der Waals surface area contributed by atoms with Gasteiger partial charge in [0, 0.05) is 25.0 Å². The fraction of sp³-hybridized carbons (Fsp3) is 0.818. The third-order valence-corrected chi connectivity index (χ3v) is 2.82. The number of nitrogens with one attached hydrogen (secondary N) is 1. The van der Waals surface area contributed by atoms with E-state index in [0.717, 1.165) is 25.4 Å². The van der Waals surface area contributed by atoms with E-state index in [1.165, 1.54) is 13.0 Å². The van der Waals surface area contributed by atoms with Gasteiger partial charge in [-0.15, -0.1) is 12.3 Å². The Morgan fingerprint density at radius 3 is 2.92 bits per heavy atom. The van der Waals surface area contributed by atoms with Crippen LogP contribution < -0.4 is 5.32 Å². The van der Waals surface area contributed by atoms with Gasteiger partial charge in [0.05, 0.1) is 0 Å². The van der Waals surface area contributed by atoms with Crippen LogP contribution in [0.3, 0.4) is 0 Å². The zero-order valence-electron chi connectivity index (χ0n) is 8.71. The minimum absolute atomic E-state index is 0.678. The monoisotopic (exact) mass is 180 g/mol. The average molecular weight is 180 g/mol. The Balaban J connectivity index is 2.07. The first kappa shape index (κ1) is 10.6. The van der Waals surface area contributed by atoms with Gasteiger partial charge in [0.15, 0.2) is 0 Å². The van der Waals surface area contributed by atoms with Crippen molar-refractivity contribution in [3.05, 3.63) is 0 Å². The summed E-state index contributed by atoms with van der Waals surface area (Å²) in [6.45, 7) is 4.52. The first-order valence-electron chi connectivity index (χ1n) is 5.11. The number of rotatable bonds is 4. The third-order valence-electron chi connectivity index (χ3n) is 2.82. The van der Waals surface area contributed by atoms with Gasteiger partial charge >= 0.3 is 0 Å². The van der Waals surface area contributed by atoms with Crippen LogP contribution in [0.4, 0.5) is 0 Å². The van der Waals surface area contributed by atoms with Crippen molar-refractivity contribution in [3.63, 3.8) is 0 Å². The van der Waals surface area contributed by atoms with Crippen LogP contribution in [0.15, 0.2) is 0 Å². The molecule has 1 aliphatic rings. The molecule has 1 saturated heterocycles. The fourth-order valence-electron chi connectivity index (χ4n) is 1.84. The van der Waals surface area contributed by atoms with E-state index in [9.17, 15) is 0 Å². The third kappa shape index (κ3) is 3.38. The summed E-state index contributed by atoms with van der Waals surface area (Å²) in [6.07, 6.45) is 8.45. The van der Waals surface area contributed by atoms with Gasteiger partial charge in [0.1, 0.15) is 0 Å². The van der Waals surface area contributed by atoms with E-state index in [0.29, 0.717) is 6.04 Å². The van der Waals surface area contributed by atoms with Crippen molar-refractivity contribution in [2.75, 3.05) is 20.1 Å². The minimum Gasteiger partial charge on any atom is -0.313 e. The van der Waals surface area contributed by atoms with Gasteiger partial charge in [-0.25, -0.2) is 0 Å². The van der Waals surface area contributed by atoms with Gasteiger partial charge in [-0.05, 0) is 33.4 Å². The second kappa shape index (κ2) is 5.26. The summed E-state index contributed by atoms with van der Waals surface area (Å²) in [7, 11) is 2.19. The molecule has 1 rings (SSSR count). The lowest BCUT2D eigenvalue weighted by Crippen LogP contribution is -2.32. The molecular weight excluding hydrogens is 160 g/mol. The summed E-state index contributed by atoms with van der Waals surface area (Å²) in [5.41, 5.74) is 0. The highest BCUT2D eigenvalue weighted by Crippen LogP contribution is 2.14. The molecule has 74 valence electrons. The summed E-state index contributed by atoms with van der Waals surface area (Å²) in [5.74, 6) is 2.66. The smallest absolute Gasteiger partial charge is 0.0209 e. The molecule has 2 unspecified atom stereocenters. The quantitative estimate of drug-likeness (QED) is 0.514. The van der Waals surface area contributed by atoms with E-state index >= 15 is 0 Å². The van der Waals surface area contributed by atoms with Crippen LogP contribution in [-0.2, 0) is 0 Å². The predicted octanol–water partition coefficient (Wildman–Crippen LogP) is 1.08. The molecule has 0 saturated carbocycles. The van der Waals surface area contributed by atoms with E-state index in [1.807, 2.05) is 0 Å². The van der Waals surface area contributed by atoms with Crippen LogP contribution >= 0.6 is 0 Å². The molecule has 1 heterocycles. The van der Waals surface area contributed by atoms with Gasteiger partial charge in [0.2, 0.25) is 0 Å². The highest BCUT2D eigenvalue weighted by atomic mass is 15.2. The summed E-state index contributed by atoms with van der Waals surface area (Å²) in [5, 5.41) is 3.54. The molecule has 2 atom stereocenters. The highest BCUT2D eigenvalue weighted by molar-refractivity contribution is 4.86. The van der Waals surface area contributed by atoms with Gasteiger partial charge in [-0.3, -0.25) is 0 Å². The molecule has 0 aliphatic carbocycles. The Morgan fingerprint density at radius 2 is 2.38 bits per heavy atom. The molecule has 0 bridgehead atoms. The normalized spacial score (nSPS) is 29.0. The van der Waals surface area contributed by atoms with Crippen molar-refractivity contribution < 1.29 is 0 Å². The standard InChI is InChI=1S/C11H20N2/c1-4-5-6-7-12-11-8-10(2)13(3)9-11/h1,10-12H,5-9H2,2-3H3. The van der Waals surface area contributed by atoms with Gasteiger partial charge in [0.25, 0.3) is 0 Å². The van der Waals surface area contributed by atoms with Crippen LogP contribution in [0, 0.1) is 12.3 Å². The van der Waals surface area contributed by atoms with Crippen LogP contribution in [0.25, 0.3) is 0 Å². The summed E-state index contributed by atoms with van der Waals surface area (Å²) < 4.78 is 0. The van der Waals surface area contributed by atoms with Crippen LogP contribution in [0.5, 0.6) is 0 Å². The van der Waals surface area contributed by atoms with Crippen molar-refractivity contribution in [2.24, 2.45) is 0 Å². The largest absolute Gasteiger partial charge is 0.313 e. The Kier molecular flexibility index (Phi) is 4.27. The van der Waals surface area contributed by atoms with Crippen LogP contribution in [-0.4, -0.2) is 37.1 Å². The van der Waals surface area contributed by atoms with Crippen molar-refractivity contribution in [3.8, 4) is 12.3 Å². The molecule has 0 aromatic carbocycles. The summed E-state index contributed by atoms with van der Waals surface area (Å²) >= 11 is 0. The minimum atomic E-state index is 0.678. The Hall–Kier alpha value is -0.520. The summed E-state index contributed by atoms with van der Waals surface area (Å²) in [6, 6.07) is 1.41. The molecule has 13 heavy (non-hydrogen) atoms.